The molecule has 5 nitrogen and oxygen atoms in total. The van der Waals surface area contributed by atoms with Gasteiger partial charge in [0.1, 0.15) is 0 Å². The Balaban J connectivity index is 1.59. The van der Waals surface area contributed by atoms with E-state index in [9.17, 15) is 13.2 Å². The predicted octanol–water partition coefficient (Wildman–Crippen LogP) is 3.73. The van der Waals surface area contributed by atoms with Crippen molar-refractivity contribution < 1.29 is 13.2 Å². The van der Waals surface area contributed by atoms with Gasteiger partial charge >= 0.3 is 6.18 Å². The molecule has 1 fully saturated rings. The van der Waals surface area contributed by atoms with Crippen LogP contribution in [0.2, 0.25) is 0 Å². The van der Waals surface area contributed by atoms with Gasteiger partial charge in [-0.15, -0.1) is 0 Å². The van der Waals surface area contributed by atoms with Gasteiger partial charge in [0.25, 0.3) is 0 Å². The molecule has 0 bridgehead atoms. The summed E-state index contributed by atoms with van der Waals surface area (Å²) in [5, 5.41) is 3.35. The lowest BCUT2D eigenvalue weighted by atomic mass is 10.1. The van der Waals surface area contributed by atoms with Gasteiger partial charge in [0.15, 0.2) is 5.96 Å². The number of alkyl halides is 3. The Bertz CT molecular complexity index is 754. The standard InChI is InChI=1S/C23H34F3N5/c1-3-27-22(28-15-19-8-7-9-21(14-19)30-11-5-6-12-30)31-13-10-20(17-31)16-29(4-2)18-23(24,25)26/h5-9,14,20H,3-4,10-13,15-18H2,1-2H3,(H,27,28). The van der Waals surface area contributed by atoms with Gasteiger partial charge in [-0.1, -0.05) is 31.2 Å². The van der Waals surface area contributed by atoms with Gasteiger partial charge in [-0.05, 0) is 43.5 Å². The zero-order valence-electron chi connectivity index (χ0n) is 18.5. The third kappa shape index (κ3) is 7.16. The molecule has 1 atom stereocenters. The molecule has 0 aromatic heterocycles. The number of guanidine groups is 1. The Hall–Kier alpha value is -2.22. The minimum absolute atomic E-state index is 0.220. The van der Waals surface area contributed by atoms with E-state index >= 15 is 0 Å². The molecule has 2 aliphatic rings. The molecule has 2 aliphatic heterocycles. The van der Waals surface area contributed by atoms with Crippen molar-refractivity contribution in [2.24, 2.45) is 10.9 Å². The second-order valence-electron chi connectivity index (χ2n) is 8.26. The van der Waals surface area contributed by atoms with Crippen LogP contribution in [0.5, 0.6) is 0 Å². The molecule has 0 aliphatic carbocycles. The van der Waals surface area contributed by atoms with E-state index in [1.54, 1.807) is 6.92 Å². The number of rotatable bonds is 8. The molecule has 3 rings (SSSR count). The molecule has 1 aromatic rings. The summed E-state index contributed by atoms with van der Waals surface area (Å²) in [5.41, 5.74) is 2.35. The lowest BCUT2D eigenvalue weighted by Crippen LogP contribution is -2.41. The van der Waals surface area contributed by atoms with Crippen LogP contribution in [-0.2, 0) is 6.54 Å². The number of aliphatic imine (C=N–C) groups is 1. The Labute approximate surface area is 183 Å². The summed E-state index contributed by atoms with van der Waals surface area (Å²) in [5.74, 6) is 1.06. The highest BCUT2D eigenvalue weighted by atomic mass is 19.4. The molecule has 1 aromatic carbocycles. The normalized spacial score (nSPS) is 19.7. The van der Waals surface area contributed by atoms with Crippen molar-refractivity contribution in [2.45, 2.75) is 33.0 Å². The first-order chi connectivity index (χ1) is 14.9. The molecular formula is C23H34F3N5. The summed E-state index contributed by atoms with van der Waals surface area (Å²) in [4.78, 5) is 10.8. The minimum Gasteiger partial charge on any atom is -0.364 e. The topological polar surface area (TPSA) is 34.1 Å². The molecule has 172 valence electrons. The van der Waals surface area contributed by atoms with E-state index in [4.69, 9.17) is 4.99 Å². The van der Waals surface area contributed by atoms with E-state index in [0.29, 0.717) is 19.6 Å². The SMILES string of the molecule is CCNC(=NCc1cccc(N2CC=CC2)c1)N1CCC(CN(CC)CC(F)(F)F)C1. The highest BCUT2D eigenvalue weighted by molar-refractivity contribution is 5.80. The molecule has 8 heteroatoms. The third-order valence-electron chi connectivity index (χ3n) is 5.79. The van der Waals surface area contributed by atoms with Crippen LogP contribution >= 0.6 is 0 Å². The first kappa shape index (κ1) is 23.4. The van der Waals surface area contributed by atoms with Gasteiger partial charge in [-0.3, -0.25) is 4.90 Å². The van der Waals surface area contributed by atoms with Gasteiger partial charge in [0, 0.05) is 45.0 Å². The molecular weight excluding hydrogens is 403 g/mol. The highest BCUT2D eigenvalue weighted by Crippen LogP contribution is 2.22. The molecule has 0 amide bonds. The molecule has 0 radical (unpaired) electrons. The monoisotopic (exact) mass is 437 g/mol. The van der Waals surface area contributed by atoms with Crippen molar-refractivity contribution in [3.8, 4) is 0 Å². The van der Waals surface area contributed by atoms with Gasteiger partial charge in [-0.25, -0.2) is 4.99 Å². The average Bonchev–Trinajstić information content (AvgIpc) is 3.42. The fraction of sp³-hybridized carbons (Fsp3) is 0.609. The Morgan fingerprint density at radius 1 is 1.23 bits per heavy atom. The second kappa shape index (κ2) is 10.9. The summed E-state index contributed by atoms with van der Waals surface area (Å²) in [7, 11) is 0. The van der Waals surface area contributed by atoms with Crippen molar-refractivity contribution in [1.29, 1.82) is 0 Å². The van der Waals surface area contributed by atoms with Crippen molar-refractivity contribution in [3.05, 3.63) is 42.0 Å². The molecule has 1 unspecified atom stereocenters. The Morgan fingerprint density at radius 2 is 2.00 bits per heavy atom. The summed E-state index contributed by atoms with van der Waals surface area (Å²) in [6.07, 6.45) is 1.08. The molecule has 1 N–H and O–H groups in total. The number of hydrogen-bond donors (Lipinski definition) is 1. The average molecular weight is 438 g/mol. The van der Waals surface area contributed by atoms with Gasteiger partial charge < -0.3 is 15.1 Å². The van der Waals surface area contributed by atoms with Crippen LogP contribution in [0.4, 0.5) is 18.9 Å². The summed E-state index contributed by atoms with van der Waals surface area (Å²) >= 11 is 0. The third-order valence-corrected chi connectivity index (χ3v) is 5.79. The van der Waals surface area contributed by atoms with E-state index in [1.165, 1.54) is 10.6 Å². The molecule has 0 saturated carbocycles. The quantitative estimate of drug-likeness (QED) is 0.382. The van der Waals surface area contributed by atoms with Crippen LogP contribution in [-0.4, -0.2) is 74.3 Å². The van der Waals surface area contributed by atoms with E-state index in [1.807, 2.05) is 6.92 Å². The Kier molecular flexibility index (Phi) is 8.23. The lowest BCUT2D eigenvalue weighted by molar-refractivity contribution is -0.146. The molecule has 0 spiro atoms. The molecule has 31 heavy (non-hydrogen) atoms. The fourth-order valence-corrected chi connectivity index (χ4v) is 4.23. The van der Waals surface area contributed by atoms with Crippen LogP contribution in [0.1, 0.15) is 25.8 Å². The zero-order chi connectivity index (χ0) is 22.3. The molecule has 2 heterocycles. The van der Waals surface area contributed by atoms with Crippen LogP contribution < -0.4 is 10.2 Å². The number of anilines is 1. The smallest absolute Gasteiger partial charge is 0.364 e. The van der Waals surface area contributed by atoms with Crippen molar-refractivity contribution in [1.82, 2.24) is 15.1 Å². The second-order valence-corrected chi connectivity index (χ2v) is 8.26. The van der Waals surface area contributed by atoms with Crippen LogP contribution in [0.15, 0.2) is 41.4 Å². The van der Waals surface area contributed by atoms with Crippen molar-refractivity contribution >= 4 is 11.6 Å². The maximum Gasteiger partial charge on any atom is 0.401 e. The van der Waals surface area contributed by atoms with Gasteiger partial charge in [0.2, 0.25) is 0 Å². The fourth-order valence-electron chi connectivity index (χ4n) is 4.23. The first-order valence-corrected chi connectivity index (χ1v) is 11.2. The highest BCUT2D eigenvalue weighted by Gasteiger charge is 2.33. The first-order valence-electron chi connectivity index (χ1n) is 11.2. The summed E-state index contributed by atoms with van der Waals surface area (Å²) in [6.45, 7) is 8.63. The van der Waals surface area contributed by atoms with Crippen LogP contribution in [0.25, 0.3) is 0 Å². The number of benzene rings is 1. The van der Waals surface area contributed by atoms with Crippen molar-refractivity contribution in [3.63, 3.8) is 0 Å². The number of halogens is 3. The van der Waals surface area contributed by atoms with Gasteiger partial charge in [-0.2, -0.15) is 13.2 Å². The van der Waals surface area contributed by atoms with E-state index in [0.717, 1.165) is 50.7 Å². The largest absolute Gasteiger partial charge is 0.401 e. The summed E-state index contributed by atoms with van der Waals surface area (Å²) in [6, 6.07) is 8.46. The number of nitrogens with zero attached hydrogens (tertiary/aromatic N) is 4. The maximum absolute atomic E-state index is 12.8. The summed E-state index contributed by atoms with van der Waals surface area (Å²) < 4.78 is 38.3. The number of nitrogens with one attached hydrogen (secondary N) is 1. The number of hydrogen-bond acceptors (Lipinski definition) is 3. The maximum atomic E-state index is 12.8. The zero-order valence-corrected chi connectivity index (χ0v) is 18.5. The van der Waals surface area contributed by atoms with Crippen LogP contribution in [0, 0.1) is 5.92 Å². The van der Waals surface area contributed by atoms with E-state index < -0.39 is 12.7 Å². The Morgan fingerprint density at radius 3 is 2.68 bits per heavy atom. The van der Waals surface area contributed by atoms with E-state index in [-0.39, 0.29) is 5.92 Å². The molecule has 1 saturated heterocycles. The number of likely N-dealkylation sites (tertiary alicyclic amines) is 1. The minimum atomic E-state index is -4.15. The van der Waals surface area contributed by atoms with Crippen LogP contribution in [0.3, 0.4) is 0 Å². The van der Waals surface area contributed by atoms with E-state index in [2.05, 4.69) is 51.5 Å². The lowest BCUT2D eigenvalue weighted by Gasteiger charge is -2.26. The van der Waals surface area contributed by atoms with Gasteiger partial charge in [0.05, 0.1) is 13.1 Å². The van der Waals surface area contributed by atoms with Crippen molar-refractivity contribution in [2.75, 3.05) is 57.3 Å². The predicted molar refractivity (Wildman–Crippen MR) is 120 cm³/mol.